The molecule has 5 heteroatoms. The van der Waals surface area contributed by atoms with Crippen LogP contribution in [-0.2, 0) is 6.18 Å². The normalized spacial score (nSPS) is 11.5. The first kappa shape index (κ1) is 12.8. The van der Waals surface area contributed by atoms with E-state index in [1.54, 1.807) is 6.07 Å². The number of rotatable bonds is 5. The summed E-state index contributed by atoms with van der Waals surface area (Å²) < 4.78 is 37.6. The first-order valence-corrected chi connectivity index (χ1v) is 5.06. The Bertz CT molecular complexity index is 325. The number of nitrogens with one attached hydrogen (secondary N) is 1. The Morgan fingerprint density at radius 3 is 2.44 bits per heavy atom. The van der Waals surface area contributed by atoms with Crippen molar-refractivity contribution in [2.75, 3.05) is 18.5 Å². The van der Waals surface area contributed by atoms with Crippen molar-refractivity contribution in [3.8, 4) is 0 Å². The van der Waals surface area contributed by atoms with Crippen LogP contribution in [0.25, 0.3) is 0 Å². The Labute approximate surface area is 92.1 Å². The molecule has 1 aromatic carbocycles. The number of halogens is 3. The minimum atomic E-state index is -4.33. The van der Waals surface area contributed by atoms with Gasteiger partial charge in [0.25, 0.3) is 0 Å². The van der Waals surface area contributed by atoms with Crippen molar-refractivity contribution >= 4 is 5.69 Å². The lowest BCUT2D eigenvalue weighted by Gasteiger charge is -2.13. The zero-order valence-corrected chi connectivity index (χ0v) is 8.72. The summed E-state index contributed by atoms with van der Waals surface area (Å²) in [7, 11) is 0. The largest absolute Gasteiger partial charge is 0.418 e. The molecule has 1 aromatic rings. The maximum Gasteiger partial charge on any atom is 0.418 e. The van der Waals surface area contributed by atoms with Gasteiger partial charge in [-0.15, -0.1) is 0 Å². The van der Waals surface area contributed by atoms with Crippen LogP contribution < -0.4 is 5.32 Å². The van der Waals surface area contributed by atoms with Crippen LogP contribution in [0.3, 0.4) is 0 Å². The molecule has 0 bridgehead atoms. The molecule has 0 amide bonds. The molecule has 0 saturated carbocycles. The molecule has 2 N–H and O–H groups in total. The smallest absolute Gasteiger partial charge is 0.396 e. The zero-order valence-electron chi connectivity index (χ0n) is 8.72. The van der Waals surface area contributed by atoms with Gasteiger partial charge in [0, 0.05) is 18.8 Å². The summed E-state index contributed by atoms with van der Waals surface area (Å²) >= 11 is 0. The number of aliphatic hydroxyl groups is 1. The molecule has 1 rings (SSSR count). The van der Waals surface area contributed by atoms with Crippen LogP contribution >= 0.6 is 0 Å². The van der Waals surface area contributed by atoms with Gasteiger partial charge in [0.15, 0.2) is 0 Å². The van der Waals surface area contributed by atoms with E-state index in [4.69, 9.17) is 5.11 Å². The summed E-state index contributed by atoms with van der Waals surface area (Å²) in [4.78, 5) is 0. The van der Waals surface area contributed by atoms with E-state index in [2.05, 4.69) is 5.32 Å². The van der Waals surface area contributed by atoms with Gasteiger partial charge in [0.1, 0.15) is 0 Å². The maximum absolute atomic E-state index is 12.5. The summed E-state index contributed by atoms with van der Waals surface area (Å²) in [5.74, 6) is 0. The predicted molar refractivity (Wildman–Crippen MR) is 56.3 cm³/mol. The second-order valence-electron chi connectivity index (χ2n) is 3.40. The number of unbranched alkanes of at least 4 members (excludes halogenated alkanes) is 1. The van der Waals surface area contributed by atoms with Gasteiger partial charge < -0.3 is 10.4 Å². The molecule has 90 valence electrons. The van der Waals surface area contributed by atoms with Gasteiger partial charge >= 0.3 is 6.18 Å². The van der Waals surface area contributed by atoms with Gasteiger partial charge in [-0.2, -0.15) is 13.2 Å². The second kappa shape index (κ2) is 5.75. The van der Waals surface area contributed by atoms with Crippen LogP contribution in [0.4, 0.5) is 18.9 Å². The van der Waals surface area contributed by atoms with E-state index in [1.165, 1.54) is 12.1 Å². The monoisotopic (exact) mass is 233 g/mol. The van der Waals surface area contributed by atoms with Crippen molar-refractivity contribution in [2.45, 2.75) is 19.0 Å². The molecule has 0 aliphatic carbocycles. The molecule has 0 fully saturated rings. The molecule has 0 heterocycles. The maximum atomic E-state index is 12.5. The van der Waals surface area contributed by atoms with E-state index in [0.717, 1.165) is 6.07 Å². The average Bonchev–Trinajstić information content (AvgIpc) is 2.24. The highest BCUT2D eigenvalue weighted by Gasteiger charge is 2.32. The molecule has 0 radical (unpaired) electrons. The average molecular weight is 233 g/mol. The second-order valence-corrected chi connectivity index (χ2v) is 3.40. The summed E-state index contributed by atoms with van der Waals surface area (Å²) in [6, 6.07) is 5.38. The molecule has 0 aromatic heterocycles. The van der Waals surface area contributed by atoms with E-state index in [9.17, 15) is 13.2 Å². The van der Waals surface area contributed by atoms with E-state index < -0.39 is 11.7 Å². The number of aliphatic hydroxyl groups excluding tert-OH is 1. The molecule has 16 heavy (non-hydrogen) atoms. The van der Waals surface area contributed by atoms with E-state index >= 15 is 0 Å². The topological polar surface area (TPSA) is 32.3 Å². The van der Waals surface area contributed by atoms with Gasteiger partial charge in [0.2, 0.25) is 0 Å². The van der Waals surface area contributed by atoms with Crippen molar-refractivity contribution < 1.29 is 18.3 Å². The lowest BCUT2D eigenvalue weighted by Crippen LogP contribution is -2.11. The lowest BCUT2D eigenvalue weighted by molar-refractivity contribution is -0.136. The Morgan fingerprint density at radius 1 is 1.12 bits per heavy atom. The molecule has 0 aliphatic heterocycles. The first-order chi connectivity index (χ1) is 7.55. The van der Waals surface area contributed by atoms with Crippen molar-refractivity contribution in [3.05, 3.63) is 29.8 Å². The summed E-state index contributed by atoms with van der Waals surface area (Å²) in [6.45, 7) is 0.482. The predicted octanol–water partition coefficient (Wildman–Crippen LogP) is 2.89. The summed E-state index contributed by atoms with van der Waals surface area (Å²) in [5, 5.41) is 11.3. The Balaban J connectivity index is 2.65. The fourth-order valence-electron chi connectivity index (χ4n) is 1.34. The van der Waals surface area contributed by atoms with E-state index in [0.29, 0.717) is 19.4 Å². The quantitative estimate of drug-likeness (QED) is 0.766. The van der Waals surface area contributed by atoms with E-state index in [1.807, 2.05) is 0 Å². The fourth-order valence-corrected chi connectivity index (χ4v) is 1.34. The van der Waals surface area contributed by atoms with Crippen LogP contribution in [0.1, 0.15) is 18.4 Å². The molecule has 0 spiro atoms. The van der Waals surface area contributed by atoms with Crippen LogP contribution in [-0.4, -0.2) is 18.3 Å². The highest BCUT2D eigenvalue weighted by atomic mass is 19.4. The van der Waals surface area contributed by atoms with Gasteiger partial charge in [-0.25, -0.2) is 0 Å². The van der Waals surface area contributed by atoms with Gasteiger partial charge in [-0.1, -0.05) is 12.1 Å². The number of para-hydroxylation sites is 1. The third-order valence-electron chi connectivity index (χ3n) is 2.13. The molecule has 2 nitrogen and oxygen atoms in total. The number of alkyl halides is 3. The number of hydrogen-bond acceptors (Lipinski definition) is 2. The molecule has 0 unspecified atom stereocenters. The minimum Gasteiger partial charge on any atom is -0.396 e. The standard InChI is InChI=1S/C11H14F3NO/c12-11(13,14)9-5-1-2-6-10(9)15-7-3-4-8-16/h1-2,5-6,15-16H,3-4,7-8H2. The molecule has 0 aliphatic rings. The van der Waals surface area contributed by atoms with Crippen LogP contribution in [0.15, 0.2) is 24.3 Å². The van der Waals surface area contributed by atoms with Gasteiger partial charge in [0.05, 0.1) is 5.56 Å². The zero-order chi connectivity index (χ0) is 12.0. The fraction of sp³-hybridized carbons (Fsp3) is 0.455. The molecule has 0 atom stereocenters. The van der Waals surface area contributed by atoms with Crippen LogP contribution in [0, 0.1) is 0 Å². The van der Waals surface area contributed by atoms with Crippen molar-refractivity contribution in [1.29, 1.82) is 0 Å². The van der Waals surface area contributed by atoms with Crippen LogP contribution in [0.5, 0.6) is 0 Å². The summed E-state index contributed by atoms with van der Waals surface area (Å²) in [5.41, 5.74) is -0.563. The first-order valence-electron chi connectivity index (χ1n) is 5.06. The third-order valence-corrected chi connectivity index (χ3v) is 2.13. The SMILES string of the molecule is OCCCCNc1ccccc1C(F)(F)F. The molecular weight excluding hydrogens is 219 g/mol. The van der Waals surface area contributed by atoms with Crippen LogP contribution in [0.2, 0.25) is 0 Å². The van der Waals surface area contributed by atoms with Crippen molar-refractivity contribution in [3.63, 3.8) is 0 Å². The number of anilines is 1. The van der Waals surface area contributed by atoms with Gasteiger partial charge in [-0.05, 0) is 25.0 Å². The summed E-state index contributed by atoms with van der Waals surface area (Å²) in [6.07, 6.45) is -3.11. The Kier molecular flexibility index (Phi) is 4.61. The lowest BCUT2D eigenvalue weighted by atomic mass is 10.1. The van der Waals surface area contributed by atoms with Gasteiger partial charge in [-0.3, -0.25) is 0 Å². The minimum absolute atomic E-state index is 0.0581. The van der Waals surface area contributed by atoms with Crippen molar-refractivity contribution in [2.24, 2.45) is 0 Å². The Morgan fingerprint density at radius 2 is 1.81 bits per heavy atom. The highest BCUT2D eigenvalue weighted by Crippen LogP contribution is 2.34. The number of hydrogen-bond donors (Lipinski definition) is 2. The third kappa shape index (κ3) is 3.73. The molecule has 0 saturated heterocycles. The van der Waals surface area contributed by atoms with Crippen molar-refractivity contribution in [1.82, 2.24) is 0 Å². The highest BCUT2D eigenvalue weighted by molar-refractivity contribution is 5.52. The van der Waals surface area contributed by atoms with E-state index in [-0.39, 0.29) is 12.3 Å². The molecular formula is C11H14F3NO. The Hall–Kier alpha value is -1.23. The number of benzene rings is 1.